The largest absolute Gasteiger partial charge is 0.399 e. The number of nitrogens with two attached hydrogens (primary N) is 2. The Morgan fingerprint density at radius 1 is 0.852 bits per heavy atom. The average molecular weight is 372 g/mol. The molecule has 0 unspecified atom stereocenters. The fourth-order valence-electron chi connectivity index (χ4n) is 5.10. The zero-order valence-electron chi connectivity index (χ0n) is 17.0. The summed E-state index contributed by atoms with van der Waals surface area (Å²) in [6.07, 6.45) is 13.6. The van der Waals surface area contributed by atoms with Gasteiger partial charge < -0.3 is 16.4 Å². The molecular formula is C23H37N3O. The van der Waals surface area contributed by atoms with Crippen molar-refractivity contribution in [2.24, 2.45) is 17.8 Å². The summed E-state index contributed by atoms with van der Waals surface area (Å²) in [6.45, 7) is 4.04. The van der Waals surface area contributed by atoms with E-state index in [0.717, 1.165) is 43.7 Å². The molecule has 1 heterocycles. The first-order valence-electron chi connectivity index (χ1n) is 11.0. The van der Waals surface area contributed by atoms with Gasteiger partial charge in [0.05, 0.1) is 0 Å². The summed E-state index contributed by atoms with van der Waals surface area (Å²) in [7, 11) is 0. The first-order valence-corrected chi connectivity index (χ1v) is 11.0. The maximum atomic E-state index is 12.7. The molecule has 2 fully saturated rings. The molecule has 1 saturated heterocycles. The highest BCUT2D eigenvalue weighted by Gasteiger charge is 2.26. The number of benzene rings is 1. The van der Waals surface area contributed by atoms with Crippen LogP contribution in [0.15, 0.2) is 18.2 Å². The fraction of sp³-hybridized carbons (Fsp3) is 0.696. The monoisotopic (exact) mass is 371 g/mol. The van der Waals surface area contributed by atoms with Crippen molar-refractivity contribution in [3.05, 3.63) is 23.8 Å². The Hall–Kier alpha value is -1.71. The number of carbonyl (C=O) groups excluding carboxylic acids is 1. The minimum atomic E-state index is 0.0710. The minimum absolute atomic E-state index is 0.0710. The van der Waals surface area contributed by atoms with Gasteiger partial charge in [0, 0.05) is 30.0 Å². The van der Waals surface area contributed by atoms with Crippen molar-refractivity contribution >= 4 is 17.3 Å². The molecule has 1 aromatic rings. The van der Waals surface area contributed by atoms with Crippen LogP contribution in [-0.2, 0) is 0 Å². The van der Waals surface area contributed by atoms with Crippen LogP contribution in [0.25, 0.3) is 0 Å². The molecule has 0 bridgehead atoms. The molecular weight excluding hydrogens is 334 g/mol. The van der Waals surface area contributed by atoms with Crippen LogP contribution in [0.2, 0.25) is 0 Å². The predicted octanol–water partition coefficient (Wildman–Crippen LogP) is 5.09. The summed E-state index contributed by atoms with van der Waals surface area (Å²) in [4.78, 5) is 14.7. The van der Waals surface area contributed by atoms with Crippen molar-refractivity contribution in [2.45, 2.75) is 71.1 Å². The topological polar surface area (TPSA) is 72.3 Å². The third kappa shape index (κ3) is 5.63. The standard InChI is InChI=1S/C23H37N3O/c1-2-3-17-4-6-18(7-5-17)8-9-19-10-12-26(13-11-19)23(27)20-14-21(24)16-22(25)15-20/h14-19H,2-13,24-25H2,1H3. The summed E-state index contributed by atoms with van der Waals surface area (Å²) >= 11 is 0. The van der Waals surface area contributed by atoms with E-state index in [9.17, 15) is 4.79 Å². The van der Waals surface area contributed by atoms with E-state index in [2.05, 4.69) is 6.92 Å². The fourth-order valence-corrected chi connectivity index (χ4v) is 5.10. The zero-order valence-corrected chi connectivity index (χ0v) is 17.0. The number of anilines is 2. The van der Waals surface area contributed by atoms with Gasteiger partial charge in [-0.3, -0.25) is 4.79 Å². The van der Waals surface area contributed by atoms with Crippen LogP contribution in [0.4, 0.5) is 11.4 Å². The third-order valence-corrected chi connectivity index (χ3v) is 6.77. The summed E-state index contributed by atoms with van der Waals surface area (Å²) < 4.78 is 0. The molecule has 0 radical (unpaired) electrons. The second-order valence-corrected chi connectivity index (χ2v) is 8.88. The Morgan fingerprint density at radius 3 is 1.85 bits per heavy atom. The number of nitrogens with zero attached hydrogens (tertiary/aromatic N) is 1. The average Bonchev–Trinajstić information content (AvgIpc) is 2.67. The Balaban J connectivity index is 1.39. The maximum absolute atomic E-state index is 12.7. The predicted molar refractivity (Wildman–Crippen MR) is 113 cm³/mol. The molecule has 1 aliphatic heterocycles. The number of carbonyl (C=O) groups is 1. The Bertz CT molecular complexity index is 594. The van der Waals surface area contributed by atoms with E-state index in [1.807, 2.05) is 4.90 Å². The lowest BCUT2D eigenvalue weighted by atomic mass is 9.77. The van der Waals surface area contributed by atoms with Gasteiger partial charge >= 0.3 is 0 Å². The van der Waals surface area contributed by atoms with Crippen molar-refractivity contribution in [3.63, 3.8) is 0 Å². The minimum Gasteiger partial charge on any atom is -0.399 e. The summed E-state index contributed by atoms with van der Waals surface area (Å²) in [6, 6.07) is 5.16. The van der Waals surface area contributed by atoms with Gasteiger partial charge in [0.2, 0.25) is 0 Å². The van der Waals surface area contributed by atoms with Crippen molar-refractivity contribution in [1.29, 1.82) is 0 Å². The Morgan fingerprint density at radius 2 is 1.33 bits per heavy atom. The third-order valence-electron chi connectivity index (χ3n) is 6.77. The van der Waals surface area contributed by atoms with Crippen LogP contribution in [0, 0.1) is 17.8 Å². The SMILES string of the molecule is CCCC1CCC(CCC2CCN(C(=O)c3cc(N)cc(N)c3)CC2)CC1. The highest BCUT2D eigenvalue weighted by molar-refractivity contribution is 5.96. The molecule has 1 amide bonds. The number of piperidine rings is 1. The molecule has 4 N–H and O–H groups in total. The molecule has 0 spiro atoms. The molecule has 0 aromatic heterocycles. The van der Waals surface area contributed by atoms with Gasteiger partial charge in [0.15, 0.2) is 0 Å². The molecule has 2 aliphatic rings. The van der Waals surface area contributed by atoms with Gasteiger partial charge in [-0.05, 0) is 48.8 Å². The van der Waals surface area contributed by atoms with Crippen LogP contribution < -0.4 is 11.5 Å². The maximum Gasteiger partial charge on any atom is 0.254 e. The Labute approximate surface area is 164 Å². The normalized spacial score (nSPS) is 24.1. The van der Waals surface area contributed by atoms with E-state index in [4.69, 9.17) is 11.5 Å². The van der Waals surface area contributed by atoms with Crippen LogP contribution in [-0.4, -0.2) is 23.9 Å². The van der Waals surface area contributed by atoms with Gasteiger partial charge in [-0.2, -0.15) is 0 Å². The van der Waals surface area contributed by atoms with Gasteiger partial charge in [-0.15, -0.1) is 0 Å². The van der Waals surface area contributed by atoms with Crippen LogP contribution in [0.1, 0.15) is 81.5 Å². The molecule has 0 atom stereocenters. The molecule has 1 aromatic carbocycles. The van der Waals surface area contributed by atoms with Crippen LogP contribution in [0.3, 0.4) is 0 Å². The lowest BCUT2D eigenvalue weighted by molar-refractivity contribution is 0.0682. The van der Waals surface area contributed by atoms with Crippen molar-refractivity contribution in [3.8, 4) is 0 Å². The van der Waals surface area contributed by atoms with E-state index >= 15 is 0 Å². The van der Waals surface area contributed by atoms with Crippen molar-refractivity contribution < 1.29 is 4.79 Å². The van der Waals surface area contributed by atoms with Crippen LogP contribution in [0.5, 0.6) is 0 Å². The van der Waals surface area contributed by atoms with Crippen molar-refractivity contribution in [2.75, 3.05) is 24.6 Å². The quantitative estimate of drug-likeness (QED) is 0.684. The second-order valence-electron chi connectivity index (χ2n) is 8.88. The summed E-state index contributed by atoms with van der Waals surface area (Å²) in [5.41, 5.74) is 13.4. The molecule has 3 rings (SSSR count). The zero-order chi connectivity index (χ0) is 19.2. The van der Waals surface area contributed by atoms with Crippen molar-refractivity contribution in [1.82, 2.24) is 4.90 Å². The van der Waals surface area contributed by atoms with E-state index in [-0.39, 0.29) is 5.91 Å². The van der Waals surface area contributed by atoms with Gasteiger partial charge in [0.25, 0.3) is 5.91 Å². The van der Waals surface area contributed by atoms with Gasteiger partial charge in [-0.25, -0.2) is 0 Å². The van der Waals surface area contributed by atoms with Gasteiger partial charge in [-0.1, -0.05) is 58.3 Å². The van der Waals surface area contributed by atoms with E-state index in [1.54, 1.807) is 18.2 Å². The van der Waals surface area contributed by atoms with E-state index in [1.165, 1.54) is 51.4 Å². The highest BCUT2D eigenvalue weighted by Crippen LogP contribution is 2.35. The lowest BCUT2D eigenvalue weighted by Gasteiger charge is -2.34. The number of amides is 1. The first-order chi connectivity index (χ1) is 13.0. The summed E-state index contributed by atoms with van der Waals surface area (Å²) in [5.74, 6) is 2.81. The first kappa shape index (κ1) is 20.0. The van der Waals surface area contributed by atoms with Crippen LogP contribution >= 0.6 is 0 Å². The van der Waals surface area contributed by atoms with E-state index in [0.29, 0.717) is 16.9 Å². The molecule has 4 nitrogen and oxygen atoms in total. The smallest absolute Gasteiger partial charge is 0.254 e. The summed E-state index contributed by atoms with van der Waals surface area (Å²) in [5, 5.41) is 0. The highest BCUT2D eigenvalue weighted by atomic mass is 16.2. The van der Waals surface area contributed by atoms with Gasteiger partial charge in [0.1, 0.15) is 0 Å². The van der Waals surface area contributed by atoms with E-state index < -0.39 is 0 Å². The number of nitrogen functional groups attached to an aromatic ring is 2. The second kappa shape index (κ2) is 9.48. The molecule has 1 aliphatic carbocycles. The molecule has 27 heavy (non-hydrogen) atoms. The number of hydrogen-bond donors (Lipinski definition) is 2. The molecule has 4 heteroatoms. The number of hydrogen-bond acceptors (Lipinski definition) is 3. The molecule has 1 saturated carbocycles. The number of likely N-dealkylation sites (tertiary alicyclic amines) is 1. The number of rotatable bonds is 6. The molecule has 150 valence electrons. The Kier molecular flexibility index (Phi) is 7.03. The lowest BCUT2D eigenvalue weighted by Crippen LogP contribution is -2.38.